The number of hydrogen-bond acceptors (Lipinski definition) is 6. The van der Waals surface area contributed by atoms with Crippen molar-refractivity contribution in [3.63, 3.8) is 0 Å². The predicted octanol–water partition coefficient (Wildman–Crippen LogP) is 0.886. The number of rotatable bonds is 7. The Bertz CT molecular complexity index is 980. The maximum atomic E-state index is 12.4. The van der Waals surface area contributed by atoms with E-state index < -0.39 is 16.0 Å². The van der Waals surface area contributed by atoms with Crippen LogP contribution in [0.1, 0.15) is 34.8 Å². The summed E-state index contributed by atoms with van der Waals surface area (Å²) in [6.45, 7) is 0.126. The highest BCUT2D eigenvalue weighted by molar-refractivity contribution is 7.89. The molecule has 138 valence electrons. The molecule has 0 atom stereocenters. The van der Waals surface area contributed by atoms with Crippen LogP contribution in [-0.4, -0.2) is 37.8 Å². The number of carbonyl (C=O) groups is 1. The summed E-state index contributed by atoms with van der Waals surface area (Å²) in [4.78, 5) is 23.4. The maximum absolute atomic E-state index is 12.4. The van der Waals surface area contributed by atoms with E-state index in [0.29, 0.717) is 5.92 Å². The quantitative estimate of drug-likeness (QED) is 0.718. The van der Waals surface area contributed by atoms with Crippen LogP contribution in [0.3, 0.4) is 0 Å². The van der Waals surface area contributed by atoms with E-state index in [1.54, 1.807) is 6.07 Å². The van der Waals surface area contributed by atoms with Gasteiger partial charge in [0.1, 0.15) is 0 Å². The zero-order chi connectivity index (χ0) is 18.7. The molecule has 0 unspecified atom stereocenters. The second kappa shape index (κ2) is 7.38. The lowest BCUT2D eigenvalue weighted by Crippen LogP contribution is -2.32. The van der Waals surface area contributed by atoms with Gasteiger partial charge in [-0.25, -0.2) is 22.6 Å². The van der Waals surface area contributed by atoms with Crippen molar-refractivity contribution < 1.29 is 17.9 Å². The van der Waals surface area contributed by atoms with E-state index in [0.717, 1.165) is 18.5 Å². The van der Waals surface area contributed by atoms with E-state index in [4.69, 9.17) is 0 Å². The van der Waals surface area contributed by atoms with Gasteiger partial charge in [-0.1, -0.05) is 6.07 Å². The van der Waals surface area contributed by atoms with E-state index in [1.165, 1.54) is 42.1 Å². The molecule has 9 heteroatoms. The molecule has 1 aromatic carbocycles. The molecule has 0 spiro atoms. The number of aromatic nitrogens is 2. The van der Waals surface area contributed by atoms with Gasteiger partial charge in [0.25, 0.3) is 5.56 Å². The van der Waals surface area contributed by atoms with Crippen molar-refractivity contribution in [2.45, 2.75) is 30.2 Å². The van der Waals surface area contributed by atoms with Gasteiger partial charge in [-0.2, -0.15) is 5.10 Å². The van der Waals surface area contributed by atoms with Crippen LogP contribution in [-0.2, 0) is 21.3 Å². The molecule has 0 aliphatic heterocycles. The molecule has 8 nitrogen and oxygen atoms in total. The van der Waals surface area contributed by atoms with Crippen molar-refractivity contribution in [1.29, 1.82) is 0 Å². The highest BCUT2D eigenvalue weighted by Gasteiger charge is 2.25. The van der Waals surface area contributed by atoms with Crippen LogP contribution < -0.4 is 10.3 Å². The Balaban J connectivity index is 1.68. The molecular formula is C17H19N3O5S. The van der Waals surface area contributed by atoms with Crippen molar-refractivity contribution in [1.82, 2.24) is 14.5 Å². The van der Waals surface area contributed by atoms with Crippen LogP contribution in [0, 0.1) is 0 Å². The first-order valence-corrected chi connectivity index (χ1v) is 9.65. The molecule has 0 amide bonds. The summed E-state index contributed by atoms with van der Waals surface area (Å²) in [5.41, 5.74) is 0.727. The standard InChI is InChI=1S/C17H19N3O5S/c1-25-17(22)13-3-2-4-14(11-13)26(23,24)18-9-10-20-16(21)8-7-15(19-20)12-5-6-12/h2-4,7-8,11-12,18H,5-6,9-10H2,1H3. The number of carbonyl (C=O) groups excluding carboxylic acids is 1. The molecule has 0 bridgehead atoms. The fourth-order valence-electron chi connectivity index (χ4n) is 2.50. The summed E-state index contributed by atoms with van der Waals surface area (Å²) >= 11 is 0. The average molecular weight is 377 g/mol. The van der Waals surface area contributed by atoms with Crippen molar-refractivity contribution in [3.05, 3.63) is 58.0 Å². The first kappa shape index (κ1) is 18.3. The number of nitrogens with zero attached hydrogens (tertiary/aromatic N) is 2. The van der Waals surface area contributed by atoms with Crippen LogP contribution in [0.4, 0.5) is 0 Å². The maximum Gasteiger partial charge on any atom is 0.337 e. The van der Waals surface area contributed by atoms with E-state index in [9.17, 15) is 18.0 Å². The number of esters is 1. The summed E-state index contributed by atoms with van der Waals surface area (Å²) in [5, 5.41) is 4.28. The Morgan fingerprint density at radius 2 is 2.08 bits per heavy atom. The predicted molar refractivity (Wildman–Crippen MR) is 93.4 cm³/mol. The third kappa shape index (κ3) is 4.17. The summed E-state index contributed by atoms with van der Waals surface area (Å²) in [6, 6.07) is 8.73. The summed E-state index contributed by atoms with van der Waals surface area (Å²) in [6.07, 6.45) is 2.13. The van der Waals surface area contributed by atoms with Gasteiger partial charge in [0.15, 0.2) is 0 Å². The monoisotopic (exact) mass is 377 g/mol. The average Bonchev–Trinajstić information content (AvgIpc) is 3.48. The van der Waals surface area contributed by atoms with Gasteiger partial charge >= 0.3 is 5.97 Å². The minimum Gasteiger partial charge on any atom is -0.465 e. The first-order chi connectivity index (χ1) is 12.4. The topological polar surface area (TPSA) is 107 Å². The molecule has 3 rings (SSSR count). The number of benzene rings is 1. The second-order valence-electron chi connectivity index (χ2n) is 6.01. The molecule has 1 fully saturated rings. The third-order valence-electron chi connectivity index (χ3n) is 4.06. The normalized spacial score (nSPS) is 14.2. The van der Waals surface area contributed by atoms with E-state index in [1.807, 2.05) is 0 Å². The molecule has 1 N–H and O–H groups in total. The SMILES string of the molecule is COC(=O)c1cccc(S(=O)(=O)NCCn2nc(C3CC3)ccc2=O)c1. The second-order valence-corrected chi connectivity index (χ2v) is 7.78. The zero-order valence-electron chi connectivity index (χ0n) is 14.2. The molecule has 26 heavy (non-hydrogen) atoms. The minimum absolute atomic E-state index is 0.00577. The smallest absolute Gasteiger partial charge is 0.337 e. The van der Waals surface area contributed by atoms with Gasteiger partial charge in [0.2, 0.25) is 10.0 Å². The van der Waals surface area contributed by atoms with Crippen molar-refractivity contribution >= 4 is 16.0 Å². The van der Waals surface area contributed by atoms with E-state index >= 15 is 0 Å². The highest BCUT2D eigenvalue weighted by Crippen LogP contribution is 2.38. The molecular weight excluding hydrogens is 358 g/mol. The molecule has 1 saturated carbocycles. The highest BCUT2D eigenvalue weighted by atomic mass is 32.2. The number of hydrogen-bond donors (Lipinski definition) is 1. The Morgan fingerprint density at radius 1 is 1.31 bits per heavy atom. The zero-order valence-corrected chi connectivity index (χ0v) is 15.0. The van der Waals surface area contributed by atoms with Gasteiger partial charge < -0.3 is 4.74 Å². The lowest BCUT2D eigenvalue weighted by atomic mass is 10.2. The van der Waals surface area contributed by atoms with Gasteiger partial charge in [-0.15, -0.1) is 0 Å². The van der Waals surface area contributed by atoms with Crippen LogP contribution in [0.5, 0.6) is 0 Å². The Hall–Kier alpha value is -2.52. The summed E-state index contributed by atoms with van der Waals surface area (Å²) < 4.78 is 33.0. The van der Waals surface area contributed by atoms with Gasteiger partial charge in [0, 0.05) is 18.5 Å². The van der Waals surface area contributed by atoms with E-state index in [2.05, 4.69) is 14.6 Å². The molecule has 1 heterocycles. The van der Waals surface area contributed by atoms with Gasteiger partial charge in [-0.05, 0) is 37.1 Å². The molecule has 1 aliphatic rings. The lowest BCUT2D eigenvalue weighted by molar-refractivity contribution is 0.0600. The molecule has 1 aliphatic carbocycles. The van der Waals surface area contributed by atoms with Gasteiger partial charge in [-0.3, -0.25) is 4.79 Å². The number of ether oxygens (including phenoxy) is 1. The third-order valence-corrected chi connectivity index (χ3v) is 5.52. The van der Waals surface area contributed by atoms with Crippen LogP contribution in [0.25, 0.3) is 0 Å². The van der Waals surface area contributed by atoms with Crippen molar-refractivity contribution in [2.75, 3.05) is 13.7 Å². The fourth-order valence-corrected chi connectivity index (χ4v) is 3.57. The fraction of sp³-hybridized carbons (Fsp3) is 0.353. The number of sulfonamides is 1. The minimum atomic E-state index is -3.82. The molecule has 1 aromatic heterocycles. The van der Waals surface area contributed by atoms with Crippen molar-refractivity contribution in [2.24, 2.45) is 0 Å². The van der Waals surface area contributed by atoms with Crippen LogP contribution >= 0.6 is 0 Å². The summed E-state index contributed by atoms with van der Waals surface area (Å²) in [5.74, 6) is -0.214. The molecule has 2 aromatic rings. The number of nitrogens with one attached hydrogen (secondary N) is 1. The van der Waals surface area contributed by atoms with E-state index in [-0.39, 0.29) is 29.1 Å². The molecule has 0 saturated heterocycles. The lowest BCUT2D eigenvalue weighted by Gasteiger charge is -2.09. The Kier molecular flexibility index (Phi) is 5.19. The van der Waals surface area contributed by atoms with Crippen molar-refractivity contribution in [3.8, 4) is 0 Å². The molecule has 0 radical (unpaired) electrons. The van der Waals surface area contributed by atoms with Crippen LogP contribution in [0.2, 0.25) is 0 Å². The largest absolute Gasteiger partial charge is 0.465 e. The summed E-state index contributed by atoms with van der Waals surface area (Å²) in [7, 11) is -2.60. The van der Waals surface area contributed by atoms with Crippen LogP contribution in [0.15, 0.2) is 46.1 Å². The Labute approximate surface area is 150 Å². The first-order valence-electron chi connectivity index (χ1n) is 8.17. The van der Waals surface area contributed by atoms with Gasteiger partial charge in [0.05, 0.1) is 29.8 Å². The Morgan fingerprint density at radius 3 is 2.77 bits per heavy atom. The number of methoxy groups -OCH3 is 1.